The average Bonchev–Trinajstić information content (AvgIpc) is 2.65. The lowest BCUT2D eigenvalue weighted by molar-refractivity contribution is -0.0459. The molecule has 0 unspecified atom stereocenters. The second-order valence-electron chi connectivity index (χ2n) is 3.78. The van der Waals surface area contributed by atoms with Crippen molar-refractivity contribution in [1.82, 2.24) is 9.55 Å². The van der Waals surface area contributed by atoms with E-state index < -0.39 is 24.1 Å². The molecule has 1 aliphatic heterocycles. The van der Waals surface area contributed by atoms with Crippen LogP contribution in [0.1, 0.15) is 12.6 Å². The predicted molar refractivity (Wildman–Crippen MR) is 62.2 cm³/mol. The lowest BCUT2D eigenvalue weighted by Gasteiger charge is -2.14. The SMILES string of the molecule is Nc1nc(=O)n([C@@H]2C[C@H](O)[C@@H](CO)O2)cc1Br. The highest BCUT2D eigenvalue weighted by Crippen LogP contribution is 2.28. The largest absolute Gasteiger partial charge is 0.394 e. The first-order valence-corrected chi connectivity index (χ1v) is 5.80. The molecule has 0 spiro atoms. The average molecular weight is 306 g/mol. The lowest BCUT2D eigenvalue weighted by Crippen LogP contribution is -2.28. The maximum absolute atomic E-state index is 11.6. The summed E-state index contributed by atoms with van der Waals surface area (Å²) in [5.74, 6) is 0.100. The van der Waals surface area contributed by atoms with E-state index in [1.807, 2.05) is 0 Å². The number of nitrogen functional groups attached to an aromatic ring is 1. The molecule has 0 saturated carbocycles. The Morgan fingerprint density at radius 1 is 1.71 bits per heavy atom. The van der Waals surface area contributed by atoms with Gasteiger partial charge in [0.15, 0.2) is 0 Å². The normalized spacial score (nSPS) is 28.5. The molecule has 1 fully saturated rings. The van der Waals surface area contributed by atoms with Gasteiger partial charge in [-0.2, -0.15) is 4.98 Å². The minimum atomic E-state index is -0.798. The van der Waals surface area contributed by atoms with Gasteiger partial charge in [0.2, 0.25) is 0 Å². The highest BCUT2D eigenvalue weighted by Gasteiger charge is 2.35. The summed E-state index contributed by atoms with van der Waals surface area (Å²) in [5.41, 5.74) is 4.91. The highest BCUT2D eigenvalue weighted by atomic mass is 79.9. The van der Waals surface area contributed by atoms with E-state index in [0.29, 0.717) is 4.47 Å². The third-order valence-corrected chi connectivity index (χ3v) is 3.24. The zero-order valence-electron chi connectivity index (χ0n) is 8.78. The van der Waals surface area contributed by atoms with Gasteiger partial charge in [-0.05, 0) is 15.9 Å². The van der Waals surface area contributed by atoms with E-state index in [0.717, 1.165) is 0 Å². The molecule has 17 heavy (non-hydrogen) atoms. The Balaban J connectivity index is 2.30. The molecule has 8 heteroatoms. The van der Waals surface area contributed by atoms with Crippen molar-refractivity contribution in [2.45, 2.75) is 24.9 Å². The van der Waals surface area contributed by atoms with Crippen molar-refractivity contribution >= 4 is 21.7 Å². The summed E-state index contributed by atoms with van der Waals surface area (Å²) in [5, 5.41) is 18.5. The number of anilines is 1. The number of aliphatic hydroxyl groups is 2. The Morgan fingerprint density at radius 2 is 2.41 bits per heavy atom. The summed E-state index contributed by atoms with van der Waals surface area (Å²) in [6, 6.07) is 0. The molecule has 2 rings (SSSR count). The monoisotopic (exact) mass is 305 g/mol. The van der Waals surface area contributed by atoms with Crippen LogP contribution in [-0.4, -0.2) is 38.6 Å². The first-order chi connectivity index (χ1) is 8.02. The van der Waals surface area contributed by atoms with Crippen LogP contribution in [0.15, 0.2) is 15.5 Å². The molecule has 1 saturated heterocycles. The number of aliphatic hydroxyl groups excluding tert-OH is 2. The summed E-state index contributed by atoms with van der Waals surface area (Å²) >= 11 is 3.16. The summed E-state index contributed by atoms with van der Waals surface area (Å²) in [6.07, 6.45) is -0.430. The number of nitrogens with two attached hydrogens (primary N) is 1. The van der Waals surface area contributed by atoms with Crippen LogP contribution in [0.25, 0.3) is 0 Å². The number of hydrogen-bond donors (Lipinski definition) is 3. The standard InChI is InChI=1S/C9H12BrN3O4/c10-4-2-13(9(16)12-8(4)11)7-1-5(15)6(3-14)17-7/h2,5-7,14-15H,1,3H2,(H2,11,12,16)/t5-,6+,7-/m0/s1. The molecular formula is C9H12BrN3O4. The van der Waals surface area contributed by atoms with Gasteiger partial charge >= 0.3 is 5.69 Å². The zero-order chi connectivity index (χ0) is 12.6. The van der Waals surface area contributed by atoms with E-state index in [9.17, 15) is 9.90 Å². The molecule has 1 aliphatic rings. The molecule has 0 bridgehead atoms. The van der Waals surface area contributed by atoms with E-state index in [4.69, 9.17) is 15.6 Å². The van der Waals surface area contributed by atoms with Crippen molar-refractivity contribution in [2.24, 2.45) is 0 Å². The maximum atomic E-state index is 11.6. The van der Waals surface area contributed by atoms with Gasteiger partial charge in [-0.3, -0.25) is 4.57 Å². The van der Waals surface area contributed by atoms with E-state index in [1.54, 1.807) is 0 Å². The molecule has 1 aromatic rings. The topological polar surface area (TPSA) is 111 Å². The van der Waals surface area contributed by atoms with Gasteiger partial charge in [-0.25, -0.2) is 4.79 Å². The first kappa shape index (κ1) is 12.5. The molecule has 94 valence electrons. The summed E-state index contributed by atoms with van der Waals surface area (Å²) in [7, 11) is 0. The number of aromatic nitrogens is 2. The fourth-order valence-corrected chi connectivity index (χ4v) is 2.02. The number of hydrogen-bond acceptors (Lipinski definition) is 6. The Kier molecular flexibility index (Phi) is 3.48. The lowest BCUT2D eigenvalue weighted by atomic mass is 10.2. The fourth-order valence-electron chi connectivity index (χ4n) is 1.71. The van der Waals surface area contributed by atoms with E-state index in [1.165, 1.54) is 10.8 Å². The highest BCUT2D eigenvalue weighted by molar-refractivity contribution is 9.10. The molecule has 4 N–H and O–H groups in total. The Hall–Kier alpha value is -0.960. The minimum Gasteiger partial charge on any atom is -0.394 e. The van der Waals surface area contributed by atoms with E-state index >= 15 is 0 Å². The van der Waals surface area contributed by atoms with E-state index in [2.05, 4.69) is 20.9 Å². The zero-order valence-corrected chi connectivity index (χ0v) is 10.4. The number of nitrogens with zero attached hydrogens (tertiary/aromatic N) is 2. The Labute approximate surface area is 105 Å². The molecule has 0 amide bonds. The Bertz CT molecular complexity index is 478. The van der Waals surface area contributed by atoms with Crippen LogP contribution in [0.3, 0.4) is 0 Å². The first-order valence-electron chi connectivity index (χ1n) is 5.01. The second-order valence-corrected chi connectivity index (χ2v) is 4.63. The van der Waals surface area contributed by atoms with Crippen LogP contribution in [-0.2, 0) is 4.74 Å². The number of rotatable bonds is 2. The van der Waals surface area contributed by atoms with E-state index in [-0.39, 0.29) is 18.8 Å². The second kappa shape index (κ2) is 4.73. The van der Waals surface area contributed by atoms with Crippen LogP contribution < -0.4 is 11.4 Å². The van der Waals surface area contributed by atoms with Crippen LogP contribution in [0.5, 0.6) is 0 Å². The van der Waals surface area contributed by atoms with Crippen molar-refractivity contribution in [2.75, 3.05) is 12.3 Å². The predicted octanol–water partition coefficient (Wildman–Crippen LogP) is -0.771. The van der Waals surface area contributed by atoms with Crippen molar-refractivity contribution < 1.29 is 14.9 Å². The molecule has 1 aromatic heterocycles. The molecule has 2 heterocycles. The molecular weight excluding hydrogens is 294 g/mol. The summed E-state index contributed by atoms with van der Waals surface area (Å²) < 4.78 is 7.06. The van der Waals surface area contributed by atoms with Crippen LogP contribution in [0.2, 0.25) is 0 Å². The molecule has 3 atom stereocenters. The van der Waals surface area contributed by atoms with Gasteiger partial charge in [-0.1, -0.05) is 0 Å². The van der Waals surface area contributed by atoms with Crippen molar-refractivity contribution in [3.63, 3.8) is 0 Å². The summed E-state index contributed by atoms with van der Waals surface area (Å²) in [4.78, 5) is 15.2. The molecule has 0 radical (unpaired) electrons. The quantitative estimate of drug-likeness (QED) is 0.662. The van der Waals surface area contributed by atoms with Crippen molar-refractivity contribution in [3.05, 3.63) is 21.2 Å². The van der Waals surface area contributed by atoms with Gasteiger partial charge in [0.1, 0.15) is 18.1 Å². The molecule has 0 aliphatic carbocycles. The van der Waals surface area contributed by atoms with Gasteiger partial charge < -0.3 is 20.7 Å². The van der Waals surface area contributed by atoms with Gasteiger partial charge in [0.25, 0.3) is 0 Å². The summed E-state index contributed by atoms with van der Waals surface area (Å²) in [6.45, 7) is -0.296. The third-order valence-electron chi connectivity index (χ3n) is 2.63. The van der Waals surface area contributed by atoms with Crippen LogP contribution >= 0.6 is 15.9 Å². The van der Waals surface area contributed by atoms with Gasteiger partial charge in [-0.15, -0.1) is 0 Å². The Morgan fingerprint density at radius 3 is 3.00 bits per heavy atom. The van der Waals surface area contributed by atoms with Gasteiger partial charge in [0, 0.05) is 12.6 Å². The van der Waals surface area contributed by atoms with Gasteiger partial charge in [0.05, 0.1) is 17.2 Å². The minimum absolute atomic E-state index is 0.100. The molecule has 0 aromatic carbocycles. The number of ether oxygens (including phenoxy) is 1. The fraction of sp³-hybridized carbons (Fsp3) is 0.556. The molecule has 7 nitrogen and oxygen atoms in total. The van der Waals surface area contributed by atoms with Crippen LogP contribution in [0.4, 0.5) is 5.82 Å². The number of halogens is 1. The van der Waals surface area contributed by atoms with Crippen molar-refractivity contribution in [1.29, 1.82) is 0 Å². The van der Waals surface area contributed by atoms with Crippen molar-refractivity contribution in [3.8, 4) is 0 Å². The third kappa shape index (κ3) is 2.34. The maximum Gasteiger partial charge on any atom is 0.351 e. The smallest absolute Gasteiger partial charge is 0.351 e. The van der Waals surface area contributed by atoms with Crippen LogP contribution in [0, 0.1) is 0 Å².